The third-order valence-electron chi connectivity index (χ3n) is 3.08. The Labute approximate surface area is 115 Å². The van der Waals surface area contributed by atoms with Crippen molar-refractivity contribution in [3.8, 4) is 0 Å². The fraction of sp³-hybridized carbons (Fsp3) is 0.636. The van der Waals surface area contributed by atoms with Gasteiger partial charge in [-0.3, -0.25) is 10.1 Å². The van der Waals surface area contributed by atoms with E-state index in [1.54, 1.807) is 6.92 Å². The maximum atomic E-state index is 11.2. The number of nitrogens with zero attached hydrogens (tertiary/aromatic N) is 4. The standard InChI is InChI=1S/C11H15ClN4O3/c1-6-5-19-7(2)4-15(6)10-9(16(17)18)8(3)13-11(12)14-10/h6-7H,4-5H2,1-3H3. The monoisotopic (exact) mass is 286 g/mol. The first-order chi connectivity index (χ1) is 8.90. The molecule has 1 aliphatic rings. The molecule has 0 aromatic carbocycles. The van der Waals surface area contributed by atoms with Crippen LogP contribution in [0.2, 0.25) is 5.28 Å². The van der Waals surface area contributed by atoms with Crippen LogP contribution in [0.3, 0.4) is 0 Å². The Balaban J connectivity index is 2.50. The van der Waals surface area contributed by atoms with Crippen LogP contribution >= 0.6 is 11.6 Å². The number of anilines is 1. The van der Waals surface area contributed by atoms with Gasteiger partial charge in [-0.25, -0.2) is 4.98 Å². The summed E-state index contributed by atoms with van der Waals surface area (Å²) in [5, 5.41) is 11.2. The van der Waals surface area contributed by atoms with E-state index in [0.717, 1.165) is 0 Å². The van der Waals surface area contributed by atoms with Gasteiger partial charge in [0.1, 0.15) is 5.69 Å². The molecule has 1 aromatic rings. The van der Waals surface area contributed by atoms with Crippen molar-refractivity contribution >= 4 is 23.1 Å². The summed E-state index contributed by atoms with van der Waals surface area (Å²) < 4.78 is 5.51. The number of rotatable bonds is 2. The molecule has 1 saturated heterocycles. The fourth-order valence-electron chi connectivity index (χ4n) is 2.13. The Bertz CT molecular complexity index is 511. The van der Waals surface area contributed by atoms with Crippen molar-refractivity contribution in [2.75, 3.05) is 18.1 Å². The fourth-order valence-corrected chi connectivity index (χ4v) is 2.34. The van der Waals surface area contributed by atoms with E-state index in [2.05, 4.69) is 9.97 Å². The molecular weight excluding hydrogens is 272 g/mol. The van der Waals surface area contributed by atoms with Crippen molar-refractivity contribution in [2.24, 2.45) is 0 Å². The molecule has 0 saturated carbocycles. The van der Waals surface area contributed by atoms with Crippen LogP contribution in [0.15, 0.2) is 0 Å². The first-order valence-corrected chi connectivity index (χ1v) is 6.34. The molecule has 0 aliphatic carbocycles. The second kappa shape index (κ2) is 5.26. The number of hydrogen-bond acceptors (Lipinski definition) is 6. The molecule has 8 heteroatoms. The quantitative estimate of drug-likeness (QED) is 0.469. The molecule has 0 spiro atoms. The summed E-state index contributed by atoms with van der Waals surface area (Å²) in [6.07, 6.45) is -0.00940. The molecule has 0 radical (unpaired) electrons. The Morgan fingerprint density at radius 1 is 1.47 bits per heavy atom. The average Bonchev–Trinajstić information content (AvgIpc) is 2.30. The first-order valence-electron chi connectivity index (χ1n) is 5.97. The number of morpholine rings is 1. The van der Waals surface area contributed by atoms with E-state index in [4.69, 9.17) is 16.3 Å². The largest absolute Gasteiger partial charge is 0.375 e. The van der Waals surface area contributed by atoms with E-state index in [0.29, 0.717) is 13.2 Å². The van der Waals surface area contributed by atoms with Crippen LogP contribution in [-0.4, -0.2) is 40.2 Å². The molecule has 2 atom stereocenters. The van der Waals surface area contributed by atoms with Gasteiger partial charge in [0.2, 0.25) is 11.1 Å². The summed E-state index contributed by atoms with van der Waals surface area (Å²) in [5.41, 5.74) is 0.177. The number of halogens is 1. The zero-order chi connectivity index (χ0) is 14.2. The topological polar surface area (TPSA) is 81.4 Å². The molecule has 2 heterocycles. The van der Waals surface area contributed by atoms with Gasteiger partial charge >= 0.3 is 5.69 Å². The van der Waals surface area contributed by atoms with Crippen LogP contribution in [0.25, 0.3) is 0 Å². The molecule has 0 N–H and O–H groups in total. The van der Waals surface area contributed by atoms with Crippen molar-refractivity contribution in [1.82, 2.24) is 9.97 Å². The zero-order valence-electron chi connectivity index (χ0n) is 11.0. The lowest BCUT2D eigenvalue weighted by Gasteiger charge is -2.37. The molecule has 1 fully saturated rings. The minimum absolute atomic E-state index is 0.000247. The lowest BCUT2D eigenvalue weighted by molar-refractivity contribution is -0.385. The second-order valence-electron chi connectivity index (χ2n) is 4.65. The number of hydrogen-bond donors (Lipinski definition) is 0. The number of ether oxygens (including phenoxy) is 1. The highest BCUT2D eigenvalue weighted by atomic mass is 35.5. The van der Waals surface area contributed by atoms with Crippen LogP contribution in [0.4, 0.5) is 11.5 Å². The number of nitro groups is 1. The van der Waals surface area contributed by atoms with Crippen LogP contribution in [0.1, 0.15) is 19.5 Å². The van der Waals surface area contributed by atoms with Crippen LogP contribution in [0, 0.1) is 17.0 Å². The maximum Gasteiger partial charge on any atom is 0.332 e. The van der Waals surface area contributed by atoms with Crippen molar-refractivity contribution in [3.05, 3.63) is 21.1 Å². The first kappa shape index (κ1) is 14.0. The smallest absolute Gasteiger partial charge is 0.332 e. The van der Waals surface area contributed by atoms with E-state index in [1.165, 1.54) is 0 Å². The molecule has 2 rings (SSSR count). The Morgan fingerprint density at radius 2 is 2.16 bits per heavy atom. The van der Waals surface area contributed by atoms with Crippen LogP contribution in [-0.2, 0) is 4.74 Å². The minimum Gasteiger partial charge on any atom is -0.375 e. The van der Waals surface area contributed by atoms with Crippen LogP contribution in [0.5, 0.6) is 0 Å². The van der Waals surface area contributed by atoms with E-state index < -0.39 is 4.92 Å². The van der Waals surface area contributed by atoms with Gasteiger partial charge in [0, 0.05) is 6.54 Å². The highest BCUT2D eigenvalue weighted by Gasteiger charge is 2.32. The van der Waals surface area contributed by atoms with Crippen molar-refractivity contribution < 1.29 is 9.66 Å². The number of aromatic nitrogens is 2. The van der Waals surface area contributed by atoms with E-state index >= 15 is 0 Å². The Hall–Kier alpha value is -1.47. The average molecular weight is 287 g/mol. The van der Waals surface area contributed by atoms with E-state index in [1.807, 2.05) is 18.7 Å². The SMILES string of the molecule is Cc1nc(Cl)nc(N2CC(C)OCC2C)c1[N+](=O)[O-]. The molecule has 1 aliphatic heterocycles. The summed E-state index contributed by atoms with van der Waals surface area (Å²) in [7, 11) is 0. The normalized spacial score (nSPS) is 23.5. The Kier molecular flexibility index (Phi) is 3.86. The molecule has 19 heavy (non-hydrogen) atoms. The molecule has 0 amide bonds. The molecule has 2 unspecified atom stereocenters. The maximum absolute atomic E-state index is 11.2. The molecule has 7 nitrogen and oxygen atoms in total. The predicted octanol–water partition coefficient (Wildman–Crippen LogP) is 1.96. The zero-order valence-corrected chi connectivity index (χ0v) is 11.7. The summed E-state index contributed by atoms with van der Waals surface area (Å²) >= 11 is 5.83. The molecule has 104 valence electrons. The van der Waals surface area contributed by atoms with Gasteiger partial charge in [-0.15, -0.1) is 0 Å². The summed E-state index contributed by atoms with van der Waals surface area (Å²) in [4.78, 5) is 20.5. The third-order valence-corrected chi connectivity index (χ3v) is 3.24. The van der Waals surface area contributed by atoms with Gasteiger partial charge in [0.25, 0.3) is 0 Å². The van der Waals surface area contributed by atoms with Gasteiger partial charge in [0.05, 0.1) is 23.7 Å². The summed E-state index contributed by atoms with van der Waals surface area (Å²) in [6.45, 7) is 6.44. The van der Waals surface area contributed by atoms with E-state index in [-0.39, 0.29) is 34.6 Å². The van der Waals surface area contributed by atoms with Crippen molar-refractivity contribution in [2.45, 2.75) is 32.9 Å². The molecular formula is C11H15ClN4O3. The van der Waals surface area contributed by atoms with E-state index in [9.17, 15) is 10.1 Å². The van der Waals surface area contributed by atoms with Crippen LogP contribution < -0.4 is 4.90 Å². The second-order valence-corrected chi connectivity index (χ2v) is 4.99. The highest BCUT2D eigenvalue weighted by molar-refractivity contribution is 6.28. The molecule has 0 bridgehead atoms. The van der Waals surface area contributed by atoms with Crippen molar-refractivity contribution in [3.63, 3.8) is 0 Å². The summed E-state index contributed by atoms with van der Waals surface area (Å²) in [5.74, 6) is 0.269. The van der Waals surface area contributed by atoms with Gasteiger partial charge in [0.15, 0.2) is 0 Å². The van der Waals surface area contributed by atoms with Crippen molar-refractivity contribution in [1.29, 1.82) is 0 Å². The molecule has 1 aromatic heterocycles. The lowest BCUT2D eigenvalue weighted by Crippen LogP contribution is -2.48. The van der Waals surface area contributed by atoms with Gasteiger partial charge < -0.3 is 9.64 Å². The highest BCUT2D eigenvalue weighted by Crippen LogP contribution is 2.32. The predicted molar refractivity (Wildman–Crippen MR) is 70.7 cm³/mol. The van der Waals surface area contributed by atoms with Gasteiger partial charge in [-0.2, -0.15) is 4.98 Å². The Morgan fingerprint density at radius 3 is 2.79 bits per heavy atom. The van der Waals surface area contributed by atoms with Gasteiger partial charge in [-0.1, -0.05) is 0 Å². The lowest BCUT2D eigenvalue weighted by atomic mass is 10.2. The number of aryl methyl sites for hydroxylation is 1. The minimum atomic E-state index is -0.464. The third kappa shape index (κ3) is 2.76. The van der Waals surface area contributed by atoms with Gasteiger partial charge in [-0.05, 0) is 32.4 Å². The summed E-state index contributed by atoms with van der Waals surface area (Å²) in [6, 6.07) is 0.000247.